The Labute approximate surface area is 93.8 Å². The van der Waals surface area contributed by atoms with Crippen molar-refractivity contribution in [3.05, 3.63) is 12.7 Å². The highest BCUT2D eigenvalue weighted by molar-refractivity contribution is 4.99. The quantitative estimate of drug-likeness (QED) is 0.685. The molecule has 0 radical (unpaired) electrons. The van der Waals surface area contributed by atoms with E-state index in [1.807, 2.05) is 13.0 Å². The summed E-state index contributed by atoms with van der Waals surface area (Å²) < 4.78 is 0. The summed E-state index contributed by atoms with van der Waals surface area (Å²) in [6.07, 6.45) is 7.91. The van der Waals surface area contributed by atoms with E-state index in [-0.39, 0.29) is 11.6 Å². The number of rotatable bonds is 5. The minimum absolute atomic E-state index is 0.191. The molecule has 0 bridgehead atoms. The van der Waals surface area contributed by atoms with E-state index in [2.05, 4.69) is 18.8 Å². The van der Waals surface area contributed by atoms with Crippen LogP contribution in [0.15, 0.2) is 12.7 Å². The predicted molar refractivity (Wildman–Crippen MR) is 64.9 cm³/mol. The van der Waals surface area contributed by atoms with Gasteiger partial charge in [0, 0.05) is 12.1 Å². The molecule has 2 nitrogen and oxygen atoms in total. The Hall–Kier alpha value is -0.340. The van der Waals surface area contributed by atoms with Crippen LogP contribution in [-0.4, -0.2) is 23.3 Å². The lowest BCUT2D eigenvalue weighted by Crippen LogP contribution is -2.53. The van der Waals surface area contributed by atoms with Gasteiger partial charge in [-0.3, -0.25) is 0 Å². The molecule has 88 valence electrons. The highest BCUT2D eigenvalue weighted by Crippen LogP contribution is 2.36. The third-order valence-corrected chi connectivity index (χ3v) is 3.71. The summed E-state index contributed by atoms with van der Waals surface area (Å²) in [7, 11) is 0. The molecule has 1 saturated carbocycles. The van der Waals surface area contributed by atoms with Crippen LogP contribution in [0.3, 0.4) is 0 Å². The van der Waals surface area contributed by atoms with Gasteiger partial charge in [0.05, 0.1) is 6.10 Å². The van der Waals surface area contributed by atoms with Crippen LogP contribution in [-0.2, 0) is 0 Å². The Balaban J connectivity index is 2.62. The van der Waals surface area contributed by atoms with Crippen molar-refractivity contribution in [3.63, 3.8) is 0 Å². The van der Waals surface area contributed by atoms with E-state index in [4.69, 9.17) is 0 Å². The predicted octanol–water partition coefficient (Wildman–Crippen LogP) is 2.48. The molecule has 3 unspecified atom stereocenters. The van der Waals surface area contributed by atoms with E-state index < -0.39 is 0 Å². The molecule has 0 aliphatic heterocycles. The van der Waals surface area contributed by atoms with Gasteiger partial charge in [0.1, 0.15) is 0 Å². The van der Waals surface area contributed by atoms with Gasteiger partial charge in [-0.25, -0.2) is 0 Å². The maximum Gasteiger partial charge on any atom is 0.0636 e. The van der Waals surface area contributed by atoms with Crippen LogP contribution in [0.2, 0.25) is 0 Å². The van der Waals surface area contributed by atoms with Gasteiger partial charge in [-0.05, 0) is 32.1 Å². The lowest BCUT2D eigenvalue weighted by Gasteiger charge is -2.43. The van der Waals surface area contributed by atoms with E-state index in [1.165, 1.54) is 25.7 Å². The number of hydrogen-bond donors (Lipinski definition) is 2. The second-order valence-electron chi connectivity index (χ2n) is 5.03. The largest absolute Gasteiger partial charge is 0.392 e. The van der Waals surface area contributed by atoms with Crippen molar-refractivity contribution >= 4 is 0 Å². The molecule has 1 aliphatic rings. The fourth-order valence-electron chi connectivity index (χ4n) is 2.66. The van der Waals surface area contributed by atoms with Crippen molar-refractivity contribution in [2.24, 2.45) is 5.92 Å². The van der Waals surface area contributed by atoms with E-state index >= 15 is 0 Å². The molecule has 0 spiro atoms. The first-order valence-electron chi connectivity index (χ1n) is 6.15. The van der Waals surface area contributed by atoms with Gasteiger partial charge in [0.2, 0.25) is 0 Å². The zero-order valence-corrected chi connectivity index (χ0v) is 10.1. The number of aliphatic hydroxyl groups is 1. The standard InChI is InChI=1S/C13H25NO/c1-4-8-13(14-10-12(3)15)9-6-5-7-11(13)2/h4,11-12,14-15H,1,5-10H2,2-3H3. The van der Waals surface area contributed by atoms with Gasteiger partial charge >= 0.3 is 0 Å². The van der Waals surface area contributed by atoms with Gasteiger partial charge in [0.15, 0.2) is 0 Å². The molecule has 0 amide bonds. The van der Waals surface area contributed by atoms with Crippen molar-refractivity contribution in [2.75, 3.05) is 6.54 Å². The first-order chi connectivity index (χ1) is 7.10. The zero-order valence-electron chi connectivity index (χ0n) is 10.1. The summed E-state index contributed by atoms with van der Waals surface area (Å²) in [5.41, 5.74) is 0.191. The minimum Gasteiger partial charge on any atom is -0.392 e. The third kappa shape index (κ3) is 3.32. The fraction of sp³-hybridized carbons (Fsp3) is 0.846. The molecule has 1 fully saturated rings. The molecule has 1 rings (SSSR count). The van der Waals surface area contributed by atoms with Gasteiger partial charge < -0.3 is 10.4 Å². The van der Waals surface area contributed by atoms with E-state index in [9.17, 15) is 5.11 Å². The third-order valence-electron chi connectivity index (χ3n) is 3.71. The smallest absolute Gasteiger partial charge is 0.0636 e. The topological polar surface area (TPSA) is 32.3 Å². The maximum absolute atomic E-state index is 9.36. The molecule has 2 N–H and O–H groups in total. The molecular weight excluding hydrogens is 186 g/mol. The number of nitrogens with one attached hydrogen (secondary N) is 1. The summed E-state index contributed by atoms with van der Waals surface area (Å²) in [5.74, 6) is 0.683. The van der Waals surface area contributed by atoms with Crippen molar-refractivity contribution < 1.29 is 5.11 Å². The number of β-amino-alcohol motifs (C(OH)–C–C–N with tert-alkyl or cyclic N) is 1. The normalized spacial score (nSPS) is 33.7. The van der Waals surface area contributed by atoms with E-state index in [1.54, 1.807) is 0 Å². The Bertz CT molecular complexity index is 203. The van der Waals surface area contributed by atoms with Crippen LogP contribution in [0.1, 0.15) is 46.0 Å². The SMILES string of the molecule is C=CCC1(NCC(C)O)CCCCC1C. The number of hydrogen-bond acceptors (Lipinski definition) is 2. The summed E-state index contributed by atoms with van der Waals surface area (Å²) in [6, 6.07) is 0. The van der Waals surface area contributed by atoms with Crippen LogP contribution >= 0.6 is 0 Å². The molecule has 0 heterocycles. The second kappa shape index (κ2) is 5.66. The van der Waals surface area contributed by atoms with Gasteiger partial charge in [-0.15, -0.1) is 6.58 Å². The van der Waals surface area contributed by atoms with Crippen molar-refractivity contribution in [3.8, 4) is 0 Å². The first kappa shape index (κ1) is 12.7. The monoisotopic (exact) mass is 211 g/mol. The molecular formula is C13H25NO. The average Bonchev–Trinajstić information content (AvgIpc) is 2.20. The summed E-state index contributed by atoms with van der Waals surface area (Å²) in [6.45, 7) is 8.70. The van der Waals surface area contributed by atoms with E-state index in [0.717, 1.165) is 6.42 Å². The fourth-order valence-corrected chi connectivity index (χ4v) is 2.66. The Morgan fingerprint density at radius 2 is 2.33 bits per heavy atom. The van der Waals surface area contributed by atoms with E-state index in [0.29, 0.717) is 12.5 Å². The molecule has 0 aromatic heterocycles. The van der Waals surface area contributed by atoms with Gasteiger partial charge in [-0.1, -0.05) is 25.8 Å². The maximum atomic E-state index is 9.36. The Morgan fingerprint density at radius 1 is 1.60 bits per heavy atom. The van der Waals surface area contributed by atoms with Crippen molar-refractivity contribution in [2.45, 2.75) is 57.6 Å². The molecule has 0 aromatic carbocycles. The Kier molecular flexibility index (Phi) is 4.81. The van der Waals surface area contributed by atoms with Crippen molar-refractivity contribution in [1.29, 1.82) is 0 Å². The van der Waals surface area contributed by atoms with Crippen LogP contribution in [0, 0.1) is 5.92 Å². The molecule has 0 saturated heterocycles. The first-order valence-corrected chi connectivity index (χ1v) is 6.15. The lowest BCUT2D eigenvalue weighted by atomic mass is 9.71. The molecule has 2 heteroatoms. The summed E-state index contributed by atoms with van der Waals surface area (Å²) in [4.78, 5) is 0. The van der Waals surface area contributed by atoms with Gasteiger partial charge in [0.25, 0.3) is 0 Å². The number of aliphatic hydroxyl groups excluding tert-OH is 1. The Morgan fingerprint density at radius 3 is 2.87 bits per heavy atom. The summed E-state index contributed by atoms with van der Waals surface area (Å²) in [5, 5.41) is 12.9. The highest BCUT2D eigenvalue weighted by atomic mass is 16.3. The second-order valence-corrected chi connectivity index (χ2v) is 5.03. The van der Waals surface area contributed by atoms with Gasteiger partial charge in [-0.2, -0.15) is 0 Å². The van der Waals surface area contributed by atoms with Crippen LogP contribution in [0.5, 0.6) is 0 Å². The molecule has 3 atom stereocenters. The summed E-state index contributed by atoms with van der Waals surface area (Å²) >= 11 is 0. The average molecular weight is 211 g/mol. The minimum atomic E-state index is -0.263. The lowest BCUT2D eigenvalue weighted by molar-refractivity contribution is 0.119. The highest BCUT2D eigenvalue weighted by Gasteiger charge is 2.36. The zero-order chi connectivity index (χ0) is 11.3. The molecule has 15 heavy (non-hydrogen) atoms. The van der Waals surface area contributed by atoms with Crippen LogP contribution in [0.25, 0.3) is 0 Å². The van der Waals surface area contributed by atoms with Crippen LogP contribution < -0.4 is 5.32 Å². The molecule has 0 aromatic rings. The molecule has 1 aliphatic carbocycles. The van der Waals surface area contributed by atoms with Crippen LogP contribution in [0.4, 0.5) is 0 Å². The van der Waals surface area contributed by atoms with Crippen molar-refractivity contribution in [1.82, 2.24) is 5.32 Å².